The molecule has 0 N–H and O–H groups in total. The number of hydrogen-bond donors (Lipinski definition) is 0. The first kappa shape index (κ1) is 6.73. The van der Waals surface area contributed by atoms with Crippen molar-refractivity contribution in [1.82, 2.24) is 0 Å². The minimum absolute atomic E-state index is 0.807. The Hall–Kier alpha value is -0.960. The van der Waals surface area contributed by atoms with Gasteiger partial charge in [-0.05, 0) is 11.6 Å². The topological polar surface area (TPSA) is 29.4 Å². The number of benzene rings is 1. The molecule has 1 atom stereocenters. The Bertz CT molecular complexity index is 333. The molecule has 0 saturated heterocycles. The van der Waals surface area contributed by atoms with Crippen LogP contribution in [0.3, 0.4) is 0 Å². The van der Waals surface area contributed by atoms with Crippen LogP contribution in [0.4, 0.5) is 0 Å². The second-order valence-electron chi connectivity index (χ2n) is 2.35. The van der Waals surface area contributed by atoms with Gasteiger partial charge in [0.1, 0.15) is 0 Å². The van der Waals surface area contributed by atoms with Gasteiger partial charge in [0.05, 0.1) is 4.90 Å². The summed E-state index contributed by atoms with van der Waals surface area (Å²) in [5.74, 6) is 0. The van der Waals surface area contributed by atoms with Crippen molar-refractivity contribution in [2.24, 2.45) is 4.40 Å². The van der Waals surface area contributed by atoms with Gasteiger partial charge in [-0.15, -0.1) is 0 Å². The van der Waals surface area contributed by atoms with Crippen molar-refractivity contribution in [2.75, 3.05) is 0 Å². The van der Waals surface area contributed by atoms with Gasteiger partial charge < -0.3 is 0 Å². The summed E-state index contributed by atoms with van der Waals surface area (Å²) in [6.45, 7) is 0. The van der Waals surface area contributed by atoms with E-state index in [-0.39, 0.29) is 0 Å². The highest BCUT2D eigenvalue weighted by Gasteiger charge is 2.10. The first-order valence-corrected chi connectivity index (χ1v) is 4.51. The Kier molecular flexibility index (Phi) is 1.58. The third kappa shape index (κ3) is 1.12. The molecule has 0 aliphatic carbocycles. The minimum Gasteiger partial charge on any atom is -0.229 e. The number of fused-ring (bicyclic) bond motifs is 1. The Balaban J connectivity index is 2.59. The van der Waals surface area contributed by atoms with Crippen LogP contribution in [0.15, 0.2) is 33.6 Å². The lowest BCUT2D eigenvalue weighted by atomic mass is 10.2. The van der Waals surface area contributed by atoms with Crippen LogP contribution in [0.2, 0.25) is 0 Å². The SMILES string of the molecule is O=S1N=CCc2ccccc21. The predicted octanol–water partition coefficient (Wildman–Crippen LogP) is 1.34. The van der Waals surface area contributed by atoms with E-state index in [0.717, 1.165) is 16.9 Å². The zero-order chi connectivity index (χ0) is 7.68. The summed E-state index contributed by atoms with van der Waals surface area (Å²) in [6, 6.07) is 7.69. The van der Waals surface area contributed by atoms with E-state index in [4.69, 9.17) is 0 Å². The van der Waals surface area contributed by atoms with Crippen LogP contribution in [0.5, 0.6) is 0 Å². The molecule has 0 radical (unpaired) electrons. The summed E-state index contributed by atoms with van der Waals surface area (Å²) in [6.07, 6.45) is 2.51. The molecule has 1 aliphatic rings. The molecule has 2 nitrogen and oxygen atoms in total. The molecule has 0 fully saturated rings. The van der Waals surface area contributed by atoms with Gasteiger partial charge in [0, 0.05) is 12.6 Å². The maximum atomic E-state index is 11.2. The highest BCUT2D eigenvalue weighted by molar-refractivity contribution is 7.84. The van der Waals surface area contributed by atoms with Gasteiger partial charge in [-0.1, -0.05) is 18.2 Å². The second-order valence-corrected chi connectivity index (χ2v) is 3.50. The normalized spacial score (nSPS) is 21.3. The van der Waals surface area contributed by atoms with E-state index < -0.39 is 11.0 Å². The molecular formula is C8H7NOS. The van der Waals surface area contributed by atoms with Crippen molar-refractivity contribution in [2.45, 2.75) is 11.3 Å². The average molecular weight is 165 g/mol. The molecule has 0 spiro atoms. The fraction of sp³-hybridized carbons (Fsp3) is 0.125. The zero-order valence-electron chi connectivity index (χ0n) is 5.86. The van der Waals surface area contributed by atoms with Crippen molar-refractivity contribution in [3.8, 4) is 0 Å². The fourth-order valence-electron chi connectivity index (χ4n) is 1.10. The van der Waals surface area contributed by atoms with E-state index in [2.05, 4.69) is 4.40 Å². The molecule has 0 saturated carbocycles. The van der Waals surface area contributed by atoms with Crippen LogP contribution >= 0.6 is 0 Å². The Morgan fingerprint density at radius 3 is 3.00 bits per heavy atom. The van der Waals surface area contributed by atoms with Gasteiger partial charge in [0.15, 0.2) is 11.0 Å². The average Bonchev–Trinajstić information content (AvgIpc) is 2.06. The molecule has 0 aromatic heterocycles. The third-order valence-electron chi connectivity index (χ3n) is 1.64. The fourth-order valence-corrected chi connectivity index (χ4v) is 2.00. The quantitative estimate of drug-likeness (QED) is 0.570. The van der Waals surface area contributed by atoms with Crippen LogP contribution in [0.1, 0.15) is 5.56 Å². The number of hydrogen-bond acceptors (Lipinski definition) is 1. The lowest BCUT2D eigenvalue weighted by molar-refractivity contribution is 0.683. The molecule has 56 valence electrons. The van der Waals surface area contributed by atoms with Crippen molar-refractivity contribution in [3.63, 3.8) is 0 Å². The molecule has 0 amide bonds. The molecule has 0 bridgehead atoms. The summed E-state index contributed by atoms with van der Waals surface area (Å²) in [5, 5.41) is 0. The Morgan fingerprint density at radius 2 is 2.18 bits per heavy atom. The summed E-state index contributed by atoms with van der Waals surface area (Å²) in [4.78, 5) is 0.856. The van der Waals surface area contributed by atoms with Gasteiger partial charge in [-0.3, -0.25) is 0 Å². The van der Waals surface area contributed by atoms with Crippen molar-refractivity contribution in [3.05, 3.63) is 29.8 Å². The molecule has 11 heavy (non-hydrogen) atoms. The van der Waals surface area contributed by atoms with E-state index in [9.17, 15) is 4.21 Å². The number of rotatable bonds is 0. The highest BCUT2D eigenvalue weighted by atomic mass is 32.2. The van der Waals surface area contributed by atoms with E-state index in [1.165, 1.54) is 0 Å². The van der Waals surface area contributed by atoms with E-state index in [1.807, 2.05) is 24.3 Å². The molecule has 1 aromatic rings. The summed E-state index contributed by atoms with van der Waals surface area (Å²) in [7, 11) is -1.15. The maximum Gasteiger partial charge on any atom is 0.172 e. The smallest absolute Gasteiger partial charge is 0.172 e. The van der Waals surface area contributed by atoms with E-state index in [0.29, 0.717) is 0 Å². The lowest BCUT2D eigenvalue weighted by Gasteiger charge is -2.07. The van der Waals surface area contributed by atoms with Crippen LogP contribution in [0, 0.1) is 0 Å². The van der Waals surface area contributed by atoms with Gasteiger partial charge >= 0.3 is 0 Å². The largest absolute Gasteiger partial charge is 0.229 e. The van der Waals surface area contributed by atoms with Gasteiger partial charge in [0.2, 0.25) is 0 Å². The first-order chi connectivity index (χ1) is 5.38. The monoisotopic (exact) mass is 165 g/mol. The summed E-state index contributed by atoms with van der Waals surface area (Å²) in [5.41, 5.74) is 1.13. The highest BCUT2D eigenvalue weighted by Crippen LogP contribution is 2.17. The molecule has 1 heterocycles. The van der Waals surface area contributed by atoms with Crippen molar-refractivity contribution < 1.29 is 4.21 Å². The van der Waals surface area contributed by atoms with Gasteiger partial charge in [-0.2, -0.15) is 4.40 Å². The molecule has 2 rings (SSSR count). The second kappa shape index (κ2) is 2.58. The Labute approximate surface area is 67.6 Å². The first-order valence-electron chi connectivity index (χ1n) is 3.40. The van der Waals surface area contributed by atoms with Crippen molar-refractivity contribution in [1.29, 1.82) is 0 Å². The minimum atomic E-state index is -1.15. The third-order valence-corrected chi connectivity index (χ3v) is 2.76. The molecule has 1 unspecified atom stereocenters. The molecular weight excluding hydrogens is 158 g/mol. The van der Waals surface area contributed by atoms with Crippen molar-refractivity contribution >= 4 is 17.2 Å². The summed E-state index contributed by atoms with van der Waals surface area (Å²) < 4.78 is 15.0. The van der Waals surface area contributed by atoms with Gasteiger partial charge in [-0.25, -0.2) is 4.21 Å². The summed E-state index contributed by atoms with van der Waals surface area (Å²) >= 11 is 0. The van der Waals surface area contributed by atoms with E-state index in [1.54, 1.807) is 6.21 Å². The standard InChI is InChI=1S/C8H7NOS/c10-11-8-4-2-1-3-7(8)5-6-9-11/h1-4,6H,5H2. The molecule has 3 heteroatoms. The van der Waals surface area contributed by atoms with Crippen LogP contribution in [0.25, 0.3) is 0 Å². The van der Waals surface area contributed by atoms with Crippen LogP contribution < -0.4 is 0 Å². The maximum absolute atomic E-state index is 11.2. The number of nitrogens with zero attached hydrogens (tertiary/aromatic N) is 1. The van der Waals surface area contributed by atoms with E-state index >= 15 is 0 Å². The zero-order valence-corrected chi connectivity index (χ0v) is 6.67. The van der Waals surface area contributed by atoms with Crippen LogP contribution in [-0.2, 0) is 17.4 Å². The molecule has 1 aliphatic heterocycles. The molecule has 1 aromatic carbocycles. The Morgan fingerprint density at radius 1 is 1.36 bits per heavy atom. The van der Waals surface area contributed by atoms with Crippen LogP contribution in [-0.4, -0.2) is 10.4 Å². The lowest BCUT2D eigenvalue weighted by Crippen LogP contribution is -2.02. The predicted molar refractivity (Wildman–Crippen MR) is 45.0 cm³/mol. The van der Waals surface area contributed by atoms with Gasteiger partial charge in [0.25, 0.3) is 0 Å².